The number of benzene rings is 2. The summed E-state index contributed by atoms with van der Waals surface area (Å²) in [6.45, 7) is 4.12. The Balaban J connectivity index is 1.86. The molecule has 0 aliphatic heterocycles. The Morgan fingerprint density at radius 3 is 2.48 bits per heavy atom. The topological polar surface area (TPSA) is 49.3 Å². The first-order valence-corrected chi connectivity index (χ1v) is 9.01. The fraction of sp³-hybridized carbons (Fsp3) is 0.316. The first-order valence-electron chi connectivity index (χ1n) is 8.19. The molecule has 0 aromatic heterocycles. The summed E-state index contributed by atoms with van der Waals surface area (Å²) in [5.74, 6) is -2.25. The average Bonchev–Trinajstić information content (AvgIpc) is 2.56. The summed E-state index contributed by atoms with van der Waals surface area (Å²) in [6.07, 6.45) is -3.67. The van der Waals surface area contributed by atoms with Crippen LogP contribution in [-0.4, -0.2) is 17.6 Å². The van der Waals surface area contributed by atoms with E-state index in [-0.39, 0.29) is 5.56 Å². The molecule has 0 atom stereocenters. The van der Waals surface area contributed by atoms with Gasteiger partial charge >= 0.3 is 12.1 Å². The lowest BCUT2D eigenvalue weighted by molar-refractivity contribution is -0.140. The van der Waals surface area contributed by atoms with E-state index in [2.05, 4.69) is 4.72 Å². The fourth-order valence-electron chi connectivity index (χ4n) is 2.55. The normalized spacial score (nSPS) is 11.6. The molecular formula is C19H19F4NO2S. The minimum Gasteiger partial charge on any atom is -0.478 e. The van der Waals surface area contributed by atoms with E-state index in [1.54, 1.807) is 13.0 Å². The molecule has 0 bridgehead atoms. The van der Waals surface area contributed by atoms with Gasteiger partial charge in [0.1, 0.15) is 5.82 Å². The SMILES string of the molecule is Cc1cc(SNCCCc2ccc(C(F)(F)F)c(F)c2)cc(C(=O)O)c1C. The van der Waals surface area contributed by atoms with Crippen molar-refractivity contribution in [3.8, 4) is 0 Å². The van der Waals surface area contributed by atoms with Crippen LogP contribution in [-0.2, 0) is 12.6 Å². The number of rotatable bonds is 7. The van der Waals surface area contributed by atoms with Crippen molar-refractivity contribution in [3.05, 3.63) is 64.0 Å². The molecule has 0 heterocycles. The Kier molecular flexibility index (Phi) is 6.89. The van der Waals surface area contributed by atoms with E-state index in [1.165, 1.54) is 18.0 Å². The van der Waals surface area contributed by atoms with Crippen LogP contribution in [0.2, 0.25) is 0 Å². The zero-order chi connectivity index (χ0) is 20.2. The summed E-state index contributed by atoms with van der Waals surface area (Å²) in [6, 6.07) is 6.42. The van der Waals surface area contributed by atoms with Crippen LogP contribution in [0.1, 0.15) is 39.0 Å². The zero-order valence-electron chi connectivity index (χ0n) is 14.8. The van der Waals surface area contributed by atoms with E-state index in [0.717, 1.165) is 28.2 Å². The van der Waals surface area contributed by atoms with E-state index in [9.17, 15) is 27.5 Å². The molecule has 0 fully saturated rings. The molecule has 2 rings (SSSR count). The second kappa shape index (κ2) is 8.75. The molecule has 0 spiro atoms. The number of hydrogen-bond acceptors (Lipinski definition) is 3. The number of hydrogen-bond donors (Lipinski definition) is 2. The maximum atomic E-state index is 13.5. The summed E-state index contributed by atoms with van der Waals surface area (Å²) in [5, 5.41) is 9.21. The van der Waals surface area contributed by atoms with Crippen molar-refractivity contribution in [3.63, 3.8) is 0 Å². The van der Waals surface area contributed by atoms with Gasteiger partial charge in [0.15, 0.2) is 0 Å². The van der Waals surface area contributed by atoms with Gasteiger partial charge < -0.3 is 5.11 Å². The third kappa shape index (κ3) is 5.71. The smallest absolute Gasteiger partial charge is 0.419 e. The van der Waals surface area contributed by atoms with Crippen LogP contribution < -0.4 is 4.72 Å². The molecule has 2 aromatic carbocycles. The Bertz CT molecular complexity index is 837. The number of aromatic carboxylic acids is 1. The van der Waals surface area contributed by atoms with Crippen molar-refractivity contribution in [2.45, 2.75) is 37.8 Å². The van der Waals surface area contributed by atoms with Crippen LogP contribution in [0.4, 0.5) is 17.6 Å². The standard InChI is InChI=1S/C19H19F4NO2S/c1-11-8-14(10-15(12(11)2)18(25)26)27-24-7-3-4-13-5-6-16(17(20)9-13)19(21,22)23/h5-6,8-10,24H,3-4,7H2,1-2H3,(H,25,26). The molecule has 0 unspecified atom stereocenters. The molecule has 0 aliphatic carbocycles. The Hall–Kier alpha value is -2.06. The van der Waals surface area contributed by atoms with Crippen molar-refractivity contribution in [2.75, 3.05) is 6.54 Å². The van der Waals surface area contributed by atoms with Crippen LogP contribution in [0.15, 0.2) is 35.2 Å². The van der Waals surface area contributed by atoms with E-state index in [4.69, 9.17) is 0 Å². The van der Waals surface area contributed by atoms with Crippen molar-refractivity contribution < 1.29 is 27.5 Å². The van der Waals surface area contributed by atoms with Gasteiger partial charge in [0.2, 0.25) is 0 Å². The molecule has 0 saturated carbocycles. The largest absolute Gasteiger partial charge is 0.478 e. The highest BCUT2D eigenvalue weighted by molar-refractivity contribution is 7.97. The maximum absolute atomic E-state index is 13.5. The number of carboxylic acid groups (broad SMARTS) is 1. The predicted octanol–water partition coefficient (Wildman–Crippen LogP) is 5.39. The Morgan fingerprint density at radius 2 is 1.89 bits per heavy atom. The van der Waals surface area contributed by atoms with E-state index in [1.807, 2.05) is 13.0 Å². The van der Waals surface area contributed by atoms with E-state index in [0.29, 0.717) is 24.9 Å². The third-order valence-corrected chi connectivity index (χ3v) is 4.96. The monoisotopic (exact) mass is 401 g/mol. The van der Waals surface area contributed by atoms with Gasteiger partial charge in [-0.3, -0.25) is 4.72 Å². The minimum absolute atomic E-state index is 0.250. The van der Waals surface area contributed by atoms with Crippen LogP contribution in [0.3, 0.4) is 0 Å². The molecule has 2 aromatic rings. The summed E-state index contributed by atoms with van der Waals surface area (Å²) < 4.78 is 54.2. The average molecular weight is 401 g/mol. The van der Waals surface area contributed by atoms with Gasteiger partial charge in [0.25, 0.3) is 0 Å². The van der Waals surface area contributed by atoms with Gasteiger partial charge in [-0.1, -0.05) is 6.07 Å². The fourth-order valence-corrected chi connectivity index (χ4v) is 3.38. The number of nitrogens with one attached hydrogen (secondary N) is 1. The molecule has 2 N–H and O–H groups in total. The van der Waals surface area contributed by atoms with Gasteiger partial charge in [0.05, 0.1) is 11.1 Å². The second-order valence-electron chi connectivity index (χ2n) is 6.13. The summed E-state index contributed by atoms with van der Waals surface area (Å²) in [7, 11) is 0. The molecule has 3 nitrogen and oxygen atoms in total. The molecular weight excluding hydrogens is 382 g/mol. The molecule has 0 aliphatic rings. The van der Waals surface area contributed by atoms with E-state index < -0.39 is 23.5 Å². The second-order valence-corrected chi connectivity index (χ2v) is 7.09. The van der Waals surface area contributed by atoms with E-state index >= 15 is 0 Å². The highest BCUT2D eigenvalue weighted by Crippen LogP contribution is 2.31. The quantitative estimate of drug-likeness (QED) is 0.371. The lowest BCUT2D eigenvalue weighted by Crippen LogP contribution is -2.10. The molecule has 0 saturated heterocycles. The first-order chi connectivity index (χ1) is 12.6. The van der Waals surface area contributed by atoms with Crippen LogP contribution in [0.25, 0.3) is 0 Å². The number of carboxylic acids is 1. The lowest BCUT2D eigenvalue weighted by atomic mass is 10.0. The van der Waals surface area contributed by atoms with Crippen LogP contribution in [0, 0.1) is 19.7 Å². The van der Waals surface area contributed by atoms with Crippen LogP contribution in [0.5, 0.6) is 0 Å². The Labute approximate surface area is 158 Å². The van der Waals surface area contributed by atoms with Gasteiger partial charge in [-0.05, 0) is 79.6 Å². The molecule has 0 amide bonds. The number of alkyl halides is 3. The molecule has 0 radical (unpaired) electrons. The van der Waals surface area contributed by atoms with Crippen molar-refractivity contribution in [2.24, 2.45) is 0 Å². The molecule has 146 valence electrons. The highest BCUT2D eigenvalue weighted by atomic mass is 32.2. The number of aryl methyl sites for hydroxylation is 2. The van der Waals surface area contributed by atoms with Gasteiger partial charge in [-0.2, -0.15) is 13.2 Å². The third-order valence-electron chi connectivity index (χ3n) is 4.14. The maximum Gasteiger partial charge on any atom is 0.419 e. The predicted molar refractivity (Wildman–Crippen MR) is 96.5 cm³/mol. The summed E-state index contributed by atoms with van der Waals surface area (Å²) >= 11 is 1.28. The van der Waals surface area contributed by atoms with Crippen molar-refractivity contribution in [1.29, 1.82) is 0 Å². The van der Waals surface area contributed by atoms with Gasteiger partial charge in [-0.15, -0.1) is 0 Å². The van der Waals surface area contributed by atoms with Crippen LogP contribution >= 0.6 is 11.9 Å². The first kappa shape index (κ1) is 21.2. The number of halogens is 4. The summed E-state index contributed by atoms with van der Waals surface area (Å²) in [5.41, 5.74) is 1.07. The minimum atomic E-state index is -4.69. The zero-order valence-corrected chi connectivity index (χ0v) is 15.6. The van der Waals surface area contributed by atoms with Crippen molar-refractivity contribution in [1.82, 2.24) is 4.72 Å². The molecule has 27 heavy (non-hydrogen) atoms. The van der Waals surface area contributed by atoms with Gasteiger partial charge in [-0.25, -0.2) is 9.18 Å². The van der Waals surface area contributed by atoms with Crippen molar-refractivity contribution >= 4 is 17.9 Å². The van der Waals surface area contributed by atoms with Gasteiger partial charge in [0, 0.05) is 11.4 Å². The Morgan fingerprint density at radius 1 is 1.19 bits per heavy atom. The lowest BCUT2D eigenvalue weighted by Gasteiger charge is -2.10. The number of carbonyl (C=O) groups is 1. The highest BCUT2D eigenvalue weighted by Gasteiger charge is 2.33. The summed E-state index contributed by atoms with van der Waals surface area (Å²) in [4.78, 5) is 12.0. The molecule has 8 heteroatoms.